The molecular formula is C40H45N3O11. The zero-order chi connectivity index (χ0) is 39.2. The van der Waals surface area contributed by atoms with Crippen molar-refractivity contribution in [3.63, 3.8) is 0 Å². The van der Waals surface area contributed by atoms with Gasteiger partial charge in [0.25, 0.3) is 5.91 Å². The molecule has 1 aliphatic rings. The smallest absolute Gasteiger partial charge is 0.328 e. The second kappa shape index (κ2) is 19.5. The van der Waals surface area contributed by atoms with E-state index in [1.54, 1.807) is 42.7 Å². The first kappa shape index (κ1) is 40.5. The Kier molecular flexibility index (Phi) is 14.6. The van der Waals surface area contributed by atoms with Crippen LogP contribution in [0.4, 0.5) is 0 Å². The third-order valence-electron chi connectivity index (χ3n) is 8.61. The molecular weight excluding hydrogens is 698 g/mol. The highest BCUT2D eigenvalue weighted by Gasteiger charge is 2.23. The van der Waals surface area contributed by atoms with E-state index < -0.39 is 11.9 Å². The molecule has 0 atom stereocenters. The van der Waals surface area contributed by atoms with Gasteiger partial charge >= 0.3 is 11.9 Å². The summed E-state index contributed by atoms with van der Waals surface area (Å²) in [7, 11) is 9.54. The van der Waals surface area contributed by atoms with E-state index in [4.69, 9.17) is 38.6 Å². The molecule has 0 bridgehead atoms. The van der Waals surface area contributed by atoms with Gasteiger partial charge in [-0.15, -0.1) is 0 Å². The van der Waals surface area contributed by atoms with Gasteiger partial charge in [0.05, 0.1) is 48.4 Å². The summed E-state index contributed by atoms with van der Waals surface area (Å²) in [6.45, 7) is 2.54. The van der Waals surface area contributed by atoms with E-state index in [9.17, 15) is 14.4 Å². The van der Waals surface area contributed by atoms with Crippen molar-refractivity contribution < 1.29 is 53.0 Å². The number of methoxy groups -OCH3 is 6. The number of likely N-dealkylation sites (tertiary alicyclic amines) is 1. The molecule has 0 unspecified atom stereocenters. The summed E-state index contributed by atoms with van der Waals surface area (Å²) in [5.74, 6) is 0.757. The van der Waals surface area contributed by atoms with Crippen molar-refractivity contribution in [2.24, 2.45) is 0 Å². The number of hydrogen-bond donors (Lipinski definition) is 3. The Hall–Kier alpha value is -6.28. The van der Waals surface area contributed by atoms with Gasteiger partial charge in [-0.05, 0) is 78.1 Å². The molecule has 1 aliphatic heterocycles. The average molecular weight is 744 g/mol. The molecule has 3 aromatic carbocycles. The number of ether oxygens (including phenoxy) is 6. The van der Waals surface area contributed by atoms with Gasteiger partial charge in [-0.2, -0.15) is 0 Å². The molecule has 1 aromatic heterocycles. The van der Waals surface area contributed by atoms with Crippen LogP contribution in [-0.4, -0.2) is 99.7 Å². The van der Waals surface area contributed by atoms with Gasteiger partial charge in [-0.1, -0.05) is 12.1 Å². The number of hydrogen-bond acceptors (Lipinski definition) is 11. The minimum absolute atomic E-state index is 0.0862. The number of carboxylic acids is 2. The molecule has 14 nitrogen and oxygen atoms in total. The van der Waals surface area contributed by atoms with Crippen molar-refractivity contribution in [1.82, 2.24) is 15.2 Å². The standard InChI is InChI=1S/C36H41N3O7.C4H4O4/c1-41-30-18-26(19-31(42-2)34(30)45-5)24-8-7-9-25(17-24)36(40)38-28-11-14-39(15-12-28)22-23-10-13-37-29(16-23)27-20-32(43-3)35(46-6)33(21-27)44-4;5-3(6)1-2-4(7)8/h7-10,13,16-21,28H,11-12,14-15,22H2,1-6H3,(H,38,40);1-2H,(H,5,6)(H,7,8)/b;2-1-. The molecule has 5 rings (SSSR count). The zero-order valence-corrected chi connectivity index (χ0v) is 31.1. The van der Waals surface area contributed by atoms with Crippen molar-refractivity contribution in [3.8, 4) is 56.9 Å². The lowest BCUT2D eigenvalue weighted by Gasteiger charge is -2.32. The molecule has 4 aromatic rings. The number of carboxylic acid groups (broad SMARTS) is 2. The lowest BCUT2D eigenvalue weighted by molar-refractivity contribution is -0.134. The largest absolute Gasteiger partial charge is 0.493 e. The van der Waals surface area contributed by atoms with Crippen LogP contribution in [0, 0.1) is 0 Å². The van der Waals surface area contributed by atoms with Crippen molar-refractivity contribution in [1.29, 1.82) is 0 Å². The van der Waals surface area contributed by atoms with Crippen molar-refractivity contribution in [3.05, 3.63) is 90.1 Å². The fourth-order valence-electron chi connectivity index (χ4n) is 5.95. The summed E-state index contributed by atoms with van der Waals surface area (Å²) >= 11 is 0. The normalized spacial score (nSPS) is 12.9. The number of carbonyl (C=O) groups excluding carboxylic acids is 1. The molecule has 1 amide bonds. The fraction of sp³-hybridized carbons (Fsp3) is 0.300. The second-order valence-corrected chi connectivity index (χ2v) is 12.0. The highest BCUT2D eigenvalue weighted by molar-refractivity contribution is 5.95. The Morgan fingerprint density at radius 1 is 0.704 bits per heavy atom. The fourth-order valence-corrected chi connectivity index (χ4v) is 5.95. The van der Waals surface area contributed by atoms with Crippen LogP contribution >= 0.6 is 0 Å². The highest BCUT2D eigenvalue weighted by atomic mass is 16.5. The Balaban J connectivity index is 0.000000730. The minimum atomic E-state index is -1.26. The lowest BCUT2D eigenvalue weighted by Crippen LogP contribution is -2.44. The Bertz CT molecular complexity index is 1890. The van der Waals surface area contributed by atoms with Gasteiger partial charge in [-0.25, -0.2) is 9.59 Å². The van der Waals surface area contributed by atoms with Crippen LogP contribution in [0.25, 0.3) is 22.4 Å². The van der Waals surface area contributed by atoms with E-state index in [0.717, 1.165) is 60.4 Å². The highest BCUT2D eigenvalue weighted by Crippen LogP contribution is 2.42. The summed E-state index contributed by atoms with van der Waals surface area (Å²) < 4.78 is 33.0. The molecule has 0 saturated carbocycles. The molecule has 0 radical (unpaired) electrons. The minimum Gasteiger partial charge on any atom is -0.493 e. The van der Waals surface area contributed by atoms with E-state index in [0.29, 0.717) is 52.2 Å². The monoisotopic (exact) mass is 743 g/mol. The molecule has 1 fully saturated rings. The Labute approximate surface area is 313 Å². The molecule has 14 heteroatoms. The van der Waals surface area contributed by atoms with Crippen LogP contribution in [0.3, 0.4) is 0 Å². The Morgan fingerprint density at radius 2 is 1.22 bits per heavy atom. The third kappa shape index (κ3) is 10.6. The SMILES string of the molecule is COc1cc(-c2cccc(C(=O)NC3CCN(Cc4ccnc(-c5cc(OC)c(OC)c(OC)c5)c4)CC3)c2)cc(OC)c1OC.O=C(O)/C=C\C(=O)O. The van der Waals surface area contributed by atoms with Gasteiger partial charge in [0, 0.05) is 55.2 Å². The van der Waals surface area contributed by atoms with Gasteiger partial charge < -0.3 is 44.0 Å². The summed E-state index contributed by atoms with van der Waals surface area (Å²) in [6.07, 6.45) is 4.67. The maximum Gasteiger partial charge on any atom is 0.328 e. The predicted octanol–water partition coefficient (Wildman–Crippen LogP) is 5.57. The van der Waals surface area contributed by atoms with Crippen molar-refractivity contribution in [2.45, 2.75) is 25.4 Å². The second-order valence-electron chi connectivity index (χ2n) is 12.0. The van der Waals surface area contributed by atoms with E-state index in [1.807, 2.05) is 60.8 Å². The molecule has 286 valence electrons. The first-order valence-electron chi connectivity index (χ1n) is 16.9. The van der Waals surface area contributed by atoms with E-state index in [-0.39, 0.29) is 11.9 Å². The Morgan fingerprint density at radius 3 is 1.70 bits per heavy atom. The van der Waals surface area contributed by atoms with Crippen LogP contribution in [0.15, 0.2) is 79.0 Å². The zero-order valence-electron chi connectivity index (χ0n) is 31.1. The lowest BCUT2D eigenvalue weighted by atomic mass is 10.0. The molecule has 2 heterocycles. The average Bonchev–Trinajstić information content (AvgIpc) is 3.19. The van der Waals surface area contributed by atoms with Crippen LogP contribution in [-0.2, 0) is 16.1 Å². The molecule has 3 N–H and O–H groups in total. The molecule has 0 aliphatic carbocycles. The third-order valence-corrected chi connectivity index (χ3v) is 8.61. The van der Waals surface area contributed by atoms with Gasteiger partial charge in [0.15, 0.2) is 23.0 Å². The van der Waals surface area contributed by atoms with Crippen molar-refractivity contribution >= 4 is 17.8 Å². The number of carbonyl (C=O) groups is 3. The number of nitrogens with zero attached hydrogens (tertiary/aromatic N) is 2. The first-order chi connectivity index (χ1) is 26.0. The molecule has 1 saturated heterocycles. The van der Waals surface area contributed by atoms with E-state index in [1.165, 1.54) is 0 Å². The van der Waals surface area contributed by atoms with Gasteiger partial charge in [0.1, 0.15) is 0 Å². The maximum absolute atomic E-state index is 13.3. The van der Waals surface area contributed by atoms with Crippen LogP contribution in [0.5, 0.6) is 34.5 Å². The number of aromatic nitrogens is 1. The van der Waals surface area contributed by atoms with Gasteiger partial charge in [-0.3, -0.25) is 14.7 Å². The topological polar surface area (TPSA) is 175 Å². The van der Waals surface area contributed by atoms with Crippen molar-refractivity contribution in [2.75, 3.05) is 55.7 Å². The summed E-state index contributed by atoms with van der Waals surface area (Å²) in [5.41, 5.74) is 5.21. The number of nitrogens with one attached hydrogen (secondary N) is 1. The maximum atomic E-state index is 13.3. The summed E-state index contributed by atoms with van der Waals surface area (Å²) in [6, 6.07) is 19.4. The quantitative estimate of drug-likeness (QED) is 0.137. The number of pyridine rings is 1. The summed E-state index contributed by atoms with van der Waals surface area (Å²) in [4.78, 5) is 39.4. The number of benzene rings is 3. The summed E-state index contributed by atoms with van der Waals surface area (Å²) in [5, 5.41) is 18.9. The van der Waals surface area contributed by atoms with E-state index in [2.05, 4.69) is 21.3 Å². The van der Waals surface area contributed by atoms with Gasteiger partial charge in [0.2, 0.25) is 11.5 Å². The number of piperidine rings is 1. The number of aliphatic carboxylic acids is 2. The first-order valence-corrected chi connectivity index (χ1v) is 16.9. The molecule has 0 spiro atoms. The van der Waals surface area contributed by atoms with Crippen LogP contribution < -0.4 is 33.7 Å². The number of amides is 1. The van der Waals surface area contributed by atoms with Crippen LogP contribution in [0.2, 0.25) is 0 Å². The molecule has 54 heavy (non-hydrogen) atoms. The van der Waals surface area contributed by atoms with E-state index >= 15 is 0 Å². The van der Waals surface area contributed by atoms with Crippen LogP contribution in [0.1, 0.15) is 28.8 Å². The number of rotatable bonds is 14. The predicted molar refractivity (Wildman–Crippen MR) is 201 cm³/mol.